The van der Waals surface area contributed by atoms with Crippen LogP contribution < -0.4 is 0 Å². The third-order valence-corrected chi connectivity index (χ3v) is 2.34. The van der Waals surface area contributed by atoms with Crippen molar-refractivity contribution in [3.05, 3.63) is 30.1 Å². The molecule has 64 valence electrons. The Labute approximate surface area is 68.6 Å². The molecule has 0 aromatic heterocycles. The van der Waals surface area contributed by atoms with Gasteiger partial charge in [-0.2, -0.15) is 13.9 Å². The van der Waals surface area contributed by atoms with E-state index < -0.39 is 15.8 Å². The van der Waals surface area contributed by atoms with Crippen LogP contribution in [0.25, 0.3) is 0 Å². The summed E-state index contributed by atoms with van der Waals surface area (Å²) in [4.78, 5) is -0.182. The van der Waals surface area contributed by atoms with Crippen molar-refractivity contribution in [2.45, 2.75) is 4.90 Å². The van der Waals surface area contributed by atoms with Crippen LogP contribution in [0.15, 0.2) is 33.7 Å². The summed E-state index contributed by atoms with van der Waals surface area (Å²) in [6.07, 6.45) is 0. The molecule has 0 unspecified atom stereocenters. The Morgan fingerprint density at radius 3 is 2.17 bits per heavy atom. The van der Waals surface area contributed by atoms with Gasteiger partial charge in [0.25, 0.3) is 10.0 Å². The molecule has 1 N–H and O–H groups in total. The topological polar surface area (TPSA) is 70.3 Å². The maximum atomic E-state index is 12.3. The van der Waals surface area contributed by atoms with Gasteiger partial charge in [0.15, 0.2) is 0 Å². The molecule has 1 rings (SSSR count). The molecule has 0 spiro atoms. The summed E-state index contributed by atoms with van der Waals surface area (Å²) < 4.78 is 36.4. The minimum Gasteiger partial charge on any atom is -0.207 e. The van der Waals surface area contributed by atoms with Gasteiger partial charge in [-0.1, -0.05) is 4.52 Å². The van der Waals surface area contributed by atoms with Crippen LogP contribution in [0, 0.1) is 11.3 Å². The van der Waals surface area contributed by atoms with Crippen LogP contribution in [0.1, 0.15) is 0 Å². The Hall–Kier alpha value is -1.30. The smallest absolute Gasteiger partial charge is 0.207 e. The molecule has 0 atom stereocenters. The van der Waals surface area contributed by atoms with Crippen LogP contribution >= 0.6 is 0 Å². The van der Waals surface area contributed by atoms with Crippen LogP contribution in [0.4, 0.5) is 4.39 Å². The zero-order valence-electron chi connectivity index (χ0n) is 5.86. The third kappa shape index (κ3) is 1.65. The van der Waals surface area contributed by atoms with Crippen molar-refractivity contribution >= 4 is 10.0 Å². The molecule has 0 aliphatic carbocycles. The summed E-state index contributed by atoms with van der Waals surface area (Å²) in [5, 5.41) is 0. The second kappa shape index (κ2) is 2.98. The Bertz CT molecular complexity index is 385. The van der Waals surface area contributed by atoms with Gasteiger partial charge in [0.05, 0.1) is 4.90 Å². The molecule has 12 heavy (non-hydrogen) atoms. The standard InChI is InChI=1S/C6H5FN2O2S/c7-5-1-3-6(4-2-5)12(10,11)9-8/h1-4,8H. The lowest BCUT2D eigenvalue weighted by atomic mass is 10.4. The van der Waals surface area contributed by atoms with Crippen LogP contribution in [0.2, 0.25) is 0 Å². The lowest BCUT2D eigenvalue weighted by molar-refractivity contribution is 0.593. The van der Waals surface area contributed by atoms with E-state index in [2.05, 4.69) is 4.52 Å². The largest absolute Gasteiger partial charge is 0.299 e. The van der Waals surface area contributed by atoms with Crippen molar-refractivity contribution in [3.8, 4) is 0 Å². The lowest BCUT2D eigenvalue weighted by Crippen LogP contribution is -1.94. The molecule has 0 heterocycles. The fourth-order valence-electron chi connectivity index (χ4n) is 0.659. The van der Waals surface area contributed by atoms with Crippen molar-refractivity contribution in [2.75, 3.05) is 0 Å². The van der Waals surface area contributed by atoms with Crippen molar-refractivity contribution in [2.24, 2.45) is 4.52 Å². The zero-order valence-corrected chi connectivity index (χ0v) is 6.68. The van der Waals surface area contributed by atoms with E-state index in [0.717, 1.165) is 24.3 Å². The quantitative estimate of drug-likeness (QED) is 0.715. The maximum Gasteiger partial charge on any atom is 0.299 e. The van der Waals surface area contributed by atoms with E-state index in [-0.39, 0.29) is 4.90 Å². The van der Waals surface area contributed by atoms with Crippen molar-refractivity contribution in [1.29, 1.82) is 5.53 Å². The summed E-state index contributed by atoms with van der Waals surface area (Å²) in [5.41, 5.74) is 6.34. The normalized spacial score (nSPS) is 11.1. The number of hydrogen-bond donors (Lipinski definition) is 1. The minimum atomic E-state index is -3.89. The van der Waals surface area contributed by atoms with Gasteiger partial charge in [0, 0.05) is 0 Å². The molecule has 0 radical (unpaired) electrons. The van der Waals surface area contributed by atoms with Gasteiger partial charge in [-0.3, -0.25) is 0 Å². The highest BCUT2D eigenvalue weighted by atomic mass is 32.2. The van der Waals surface area contributed by atoms with E-state index in [4.69, 9.17) is 5.53 Å². The Balaban J connectivity index is 3.23. The molecule has 0 saturated heterocycles. The van der Waals surface area contributed by atoms with Crippen molar-refractivity contribution in [3.63, 3.8) is 0 Å². The van der Waals surface area contributed by atoms with E-state index in [0.29, 0.717) is 0 Å². The van der Waals surface area contributed by atoms with Crippen LogP contribution in [-0.4, -0.2) is 8.42 Å². The molecule has 0 amide bonds. The molecule has 1 aromatic carbocycles. The molecule has 0 aliphatic rings. The number of halogens is 1. The number of rotatable bonds is 2. The summed E-state index contributed by atoms with van der Waals surface area (Å²) in [5.74, 6) is -0.529. The summed E-state index contributed by atoms with van der Waals surface area (Å²) in [7, 11) is -3.89. The number of nitrogens with one attached hydrogen (secondary N) is 1. The first-order chi connectivity index (χ1) is 5.56. The number of benzene rings is 1. The molecule has 0 bridgehead atoms. The maximum absolute atomic E-state index is 12.3. The molecule has 4 nitrogen and oxygen atoms in total. The van der Waals surface area contributed by atoms with Crippen molar-refractivity contribution in [1.82, 2.24) is 0 Å². The summed E-state index contributed by atoms with van der Waals surface area (Å²) in [6.45, 7) is 0. The fourth-order valence-corrected chi connectivity index (χ4v) is 1.24. The molecule has 0 fully saturated rings. The lowest BCUT2D eigenvalue weighted by Gasteiger charge is -1.94. The van der Waals surface area contributed by atoms with Gasteiger partial charge in [-0.05, 0) is 24.3 Å². The molecular weight excluding hydrogens is 183 g/mol. The van der Waals surface area contributed by atoms with Crippen molar-refractivity contribution < 1.29 is 12.8 Å². The zero-order chi connectivity index (χ0) is 9.19. The molecule has 0 saturated carbocycles. The van der Waals surface area contributed by atoms with Gasteiger partial charge in [0.2, 0.25) is 0 Å². The van der Waals surface area contributed by atoms with Gasteiger partial charge in [0.1, 0.15) is 5.82 Å². The summed E-state index contributed by atoms with van der Waals surface area (Å²) in [6, 6.07) is 4.11. The Morgan fingerprint density at radius 1 is 1.25 bits per heavy atom. The first kappa shape index (κ1) is 8.79. The van der Waals surface area contributed by atoms with Gasteiger partial charge in [-0.25, -0.2) is 4.39 Å². The molecule has 6 heteroatoms. The van der Waals surface area contributed by atoms with Gasteiger partial charge < -0.3 is 0 Å². The van der Waals surface area contributed by atoms with Crippen LogP contribution in [0.3, 0.4) is 0 Å². The predicted molar refractivity (Wildman–Crippen MR) is 38.7 cm³/mol. The minimum absolute atomic E-state index is 0.182. The van der Waals surface area contributed by atoms with Gasteiger partial charge in [-0.15, -0.1) is 0 Å². The monoisotopic (exact) mass is 188 g/mol. The number of hydrogen-bond acceptors (Lipinski definition) is 3. The molecule has 0 aliphatic heterocycles. The molecular formula is C6H5FN2O2S. The number of sulfonamides is 1. The highest BCUT2D eigenvalue weighted by Gasteiger charge is 2.10. The Kier molecular flexibility index (Phi) is 2.18. The SMILES string of the molecule is N=NS(=O)(=O)c1ccc(F)cc1. The third-order valence-electron chi connectivity index (χ3n) is 1.23. The van der Waals surface area contributed by atoms with Gasteiger partial charge >= 0.3 is 0 Å². The van der Waals surface area contributed by atoms with E-state index >= 15 is 0 Å². The van der Waals surface area contributed by atoms with Crippen LogP contribution in [0.5, 0.6) is 0 Å². The average molecular weight is 188 g/mol. The van der Waals surface area contributed by atoms with E-state index in [9.17, 15) is 12.8 Å². The number of nitrogens with zero attached hydrogens (tertiary/aromatic N) is 1. The second-order valence-corrected chi connectivity index (χ2v) is 3.62. The Morgan fingerprint density at radius 2 is 1.75 bits per heavy atom. The molecule has 1 aromatic rings. The average Bonchev–Trinajstić information content (AvgIpc) is 2.05. The first-order valence-corrected chi connectivity index (χ1v) is 4.39. The highest BCUT2D eigenvalue weighted by Crippen LogP contribution is 2.11. The first-order valence-electron chi connectivity index (χ1n) is 2.95. The van der Waals surface area contributed by atoms with E-state index in [1.54, 1.807) is 0 Å². The fraction of sp³-hybridized carbons (Fsp3) is 0. The van der Waals surface area contributed by atoms with Crippen LogP contribution in [-0.2, 0) is 10.0 Å². The second-order valence-electron chi connectivity index (χ2n) is 2.02. The van der Waals surface area contributed by atoms with E-state index in [1.807, 2.05) is 0 Å². The predicted octanol–water partition coefficient (Wildman–Crippen LogP) is 1.55. The summed E-state index contributed by atoms with van der Waals surface area (Å²) >= 11 is 0. The van der Waals surface area contributed by atoms with E-state index in [1.165, 1.54) is 0 Å². The highest BCUT2D eigenvalue weighted by molar-refractivity contribution is 7.90.